The van der Waals surface area contributed by atoms with Crippen molar-refractivity contribution in [1.82, 2.24) is 14.9 Å². The van der Waals surface area contributed by atoms with Crippen LogP contribution in [0.4, 0.5) is 5.69 Å². The average molecular weight is 673 g/mol. The molecule has 0 N–H and O–H groups in total. The zero-order valence-corrected chi connectivity index (χ0v) is 25.9. The third-order valence-electron chi connectivity index (χ3n) is 8.89. The summed E-state index contributed by atoms with van der Waals surface area (Å²) < 4.78 is 2.10. The van der Waals surface area contributed by atoms with E-state index < -0.39 is 0 Å². The molecule has 2 fully saturated rings. The summed E-state index contributed by atoms with van der Waals surface area (Å²) in [5.41, 5.74) is 6.37. The molecular formula is C31H33Br2ClN4O. The van der Waals surface area contributed by atoms with Crippen molar-refractivity contribution in [2.75, 3.05) is 31.1 Å². The number of fused-ring (bicyclic) bond motifs is 2. The summed E-state index contributed by atoms with van der Waals surface area (Å²) in [6.45, 7) is 3.66. The highest BCUT2D eigenvalue weighted by molar-refractivity contribution is 9.10. The van der Waals surface area contributed by atoms with Crippen molar-refractivity contribution in [3.05, 3.63) is 85.3 Å². The molecule has 0 radical (unpaired) electrons. The summed E-state index contributed by atoms with van der Waals surface area (Å²) in [7, 11) is 0. The quantitative estimate of drug-likeness (QED) is 0.289. The maximum Gasteiger partial charge on any atom is 0.222 e. The van der Waals surface area contributed by atoms with E-state index in [4.69, 9.17) is 16.6 Å². The Morgan fingerprint density at radius 3 is 2.41 bits per heavy atom. The predicted molar refractivity (Wildman–Crippen MR) is 163 cm³/mol. The molecule has 2 saturated heterocycles. The lowest BCUT2D eigenvalue weighted by atomic mass is 9.76. The number of benzene rings is 1. The van der Waals surface area contributed by atoms with Crippen LogP contribution in [0.3, 0.4) is 0 Å². The van der Waals surface area contributed by atoms with Crippen LogP contribution in [0, 0.1) is 11.8 Å². The molecule has 0 spiro atoms. The van der Waals surface area contributed by atoms with Crippen LogP contribution in [0.15, 0.2) is 57.9 Å². The number of amides is 1. The van der Waals surface area contributed by atoms with Gasteiger partial charge in [0.2, 0.25) is 5.91 Å². The molecule has 2 aromatic heterocycles. The molecular weight excluding hydrogens is 640 g/mol. The van der Waals surface area contributed by atoms with Crippen molar-refractivity contribution < 1.29 is 4.79 Å². The van der Waals surface area contributed by atoms with Gasteiger partial charge < -0.3 is 9.80 Å². The fraction of sp³-hybridized carbons (Fsp3) is 0.452. The summed E-state index contributed by atoms with van der Waals surface area (Å²) in [5.74, 6) is 1.43. The number of carbonyl (C=O) groups excluding carboxylic acids is 1. The third-order valence-corrected chi connectivity index (χ3v) is 10.2. The lowest BCUT2D eigenvalue weighted by molar-refractivity contribution is -0.133. The molecule has 4 heterocycles. The fourth-order valence-corrected chi connectivity index (χ4v) is 8.34. The van der Waals surface area contributed by atoms with Crippen LogP contribution in [0.25, 0.3) is 0 Å². The monoisotopic (exact) mass is 670 g/mol. The number of anilines is 1. The van der Waals surface area contributed by atoms with E-state index in [0.717, 1.165) is 78.7 Å². The van der Waals surface area contributed by atoms with Gasteiger partial charge in [-0.05, 0) is 113 Å². The van der Waals surface area contributed by atoms with Crippen molar-refractivity contribution in [1.29, 1.82) is 0 Å². The van der Waals surface area contributed by atoms with Crippen molar-refractivity contribution in [2.45, 2.75) is 50.9 Å². The number of nitrogens with zero attached hydrogens (tertiary/aromatic N) is 4. The smallest absolute Gasteiger partial charge is 0.222 e. The van der Waals surface area contributed by atoms with Gasteiger partial charge in [0.15, 0.2) is 0 Å². The Hall–Kier alpha value is -1.96. The van der Waals surface area contributed by atoms with E-state index in [1.807, 2.05) is 24.7 Å². The van der Waals surface area contributed by atoms with E-state index in [-0.39, 0.29) is 5.92 Å². The second-order valence-corrected chi connectivity index (χ2v) is 13.4. The summed E-state index contributed by atoms with van der Waals surface area (Å²) in [4.78, 5) is 27.0. The highest BCUT2D eigenvalue weighted by atomic mass is 79.9. The second kappa shape index (κ2) is 11.9. The lowest BCUT2D eigenvalue weighted by Crippen LogP contribution is -2.42. The molecule has 1 unspecified atom stereocenters. The molecule has 0 bridgehead atoms. The van der Waals surface area contributed by atoms with Gasteiger partial charge in [-0.2, -0.15) is 0 Å². The number of aryl methyl sites for hydroxylation is 2. The molecule has 39 heavy (non-hydrogen) atoms. The zero-order chi connectivity index (χ0) is 26.9. The van der Waals surface area contributed by atoms with Crippen LogP contribution in [-0.4, -0.2) is 47.0 Å². The molecule has 1 aromatic carbocycles. The molecule has 1 atom stereocenters. The molecule has 8 heteroatoms. The van der Waals surface area contributed by atoms with Crippen molar-refractivity contribution in [2.24, 2.45) is 11.8 Å². The molecule has 1 aliphatic carbocycles. The van der Waals surface area contributed by atoms with Gasteiger partial charge in [-0.25, -0.2) is 0 Å². The number of rotatable bonds is 4. The summed E-state index contributed by atoms with van der Waals surface area (Å²) in [5, 5.41) is 0.770. The van der Waals surface area contributed by atoms with E-state index >= 15 is 0 Å². The van der Waals surface area contributed by atoms with Gasteiger partial charge in [-0.1, -0.05) is 27.5 Å². The highest BCUT2D eigenvalue weighted by Crippen LogP contribution is 2.46. The Morgan fingerprint density at radius 2 is 1.67 bits per heavy atom. The molecule has 6 rings (SSSR count). The summed E-state index contributed by atoms with van der Waals surface area (Å²) in [6.07, 6.45) is 12.3. The van der Waals surface area contributed by atoms with Crippen molar-refractivity contribution in [3.63, 3.8) is 0 Å². The number of carbonyl (C=O) groups is 1. The molecule has 3 aliphatic rings. The minimum absolute atomic E-state index is 0.201. The molecule has 1 amide bonds. The first-order valence-corrected chi connectivity index (χ1v) is 16.0. The average Bonchev–Trinajstić information content (AvgIpc) is 3.11. The Morgan fingerprint density at radius 1 is 0.949 bits per heavy atom. The van der Waals surface area contributed by atoms with Gasteiger partial charge in [0.1, 0.15) is 0 Å². The van der Waals surface area contributed by atoms with Crippen LogP contribution in [0.2, 0.25) is 5.02 Å². The van der Waals surface area contributed by atoms with Gasteiger partial charge in [-0.3, -0.25) is 14.8 Å². The van der Waals surface area contributed by atoms with Crippen LogP contribution >= 0.6 is 43.5 Å². The minimum atomic E-state index is 0.201. The first-order chi connectivity index (χ1) is 19.0. The first-order valence-electron chi connectivity index (χ1n) is 14.0. The SMILES string of the molecule is O=C(CC1CCN(c2ccncc2)CC1)N1CCC(C2c3ncc(Br)cc3CCc3cc(Cl)cc(Br)c32)CC1. The zero-order valence-electron chi connectivity index (χ0n) is 22.0. The number of halogens is 3. The number of hydrogen-bond acceptors (Lipinski definition) is 4. The van der Waals surface area contributed by atoms with Gasteiger partial charge in [0, 0.05) is 76.8 Å². The van der Waals surface area contributed by atoms with E-state index in [1.54, 1.807) is 0 Å². The van der Waals surface area contributed by atoms with Crippen molar-refractivity contribution >= 4 is 55.1 Å². The van der Waals surface area contributed by atoms with Crippen LogP contribution < -0.4 is 4.90 Å². The van der Waals surface area contributed by atoms with Gasteiger partial charge in [0.25, 0.3) is 0 Å². The molecule has 0 saturated carbocycles. The first kappa shape index (κ1) is 27.2. The topological polar surface area (TPSA) is 49.3 Å². The number of hydrogen-bond donors (Lipinski definition) is 0. The normalized spacial score (nSPS) is 20.3. The summed E-state index contributed by atoms with van der Waals surface area (Å²) >= 11 is 14.0. The second-order valence-electron chi connectivity index (χ2n) is 11.2. The number of likely N-dealkylation sites (tertiary alicyclic amines) is 1. The standard InChI is InChI=1S/C31H33Br2ClN4O/c32-24-16-23-2-1-22-17-25(34)18-27(33)29(22)30(31(23)36-19-24)21-7-13-38(14-8-21)28(39)15-20-5-11-37(12-6-20)26-3-9-35-10-4-26/h3-4,9-10,16-21,30H,1-2,5-8,11-15H2. The highest BCUT2D eigenvalue weighted by Gasteiger charge is 2.36. The Kier molecular flexibility index (Phi) is 8.29. The molecule has 5 nitrogen and oxygen atoms in total. The van der Waals surface area contributed by atoms with Gasteiger partial charge in [0.05, 0.1) is 5.69 Å². The Balaban J connectivity index is 1.12. The molecule has 2 aliphatic heterocycles. The molecule has 3 aromatic rings. The lowest BCUT2D eigenvalue weighted by Gasteiger charge is -2.38. The third kappa shape index (κ3) is 5.91. The number of pyridine rings is 2. The number of aromatic nitrogens is 2. The summed E-state index contributed by atoms with van der Waals surface area (Å²) in [6, 6.07) is 10.5. The van der Waals surface area contributed by atoms with E-state index in [9.17, 15) is 4.79 Å². The number of piperidine rings is 2. The van der Waals surface area contributed by atoms with Crippen LogP contribution in [0.5, 0.6) is 0 Å². The molecule has 204 valence electrons. The predicted octanol–water partition coefficient (Wildman–Crippen LogP) is 7.43. The van der Waals surface area contributed by atoms with Gasteiger partial charge in [-0.15, -0.1) is 0 Å². The maximum atomic E-state index is 13.3. The Labute approximate surface area is 252 Å². The largest absolute Gasteiger partial charge is 0.371 e. The fourth-order valence-electron chi connectivity index (χ4n) is 6.84. The van der Waals surface area contributed by atoms with E-state index in [1.165, 1.54) is 28.1 Å². The van der Waals surface area contributed by atoms with Crippen LogP contribution in [-0.2, 0) is 17.6 Å². The maximum absolute atomic E-state index is 13.3. The Bertz CT molecular complexity index is 1340. The van der Waals surface area contributed by atoms with E-state index in [0.29, 0.717) is 24.2 Å². The van der Waals surface area contributed by atoms with Gasteiger partial charge >= 0.3 is 0 Å². The van der Waals surface area contributed by atoms with Crippen LogP contribution in [0.1, 0.15) is 60.4 Å². The van der Waals surface area contributed by atoms with Crippen molar-refractivity contribution in [3.8, 4) is 0 Å². The minimum Gasteiger partial charge on any atom is -0.371 e. The van der Waals surface area contributed by atoms with E-state index in [2.05, 4.69) is 70.9 Å².